The molecule has 1 N–H and O–H groups in total. The molecule has 0 heterocycles. The molecule has 20 heavy (non-hydrogen) atoms. The molecule has 0 saturated heterocycles. The van der Waals surface area contributed by atoms with Gasteiger partial charge in [0.25, 0.3) is 0 Å². The lowest BCUT2D eigenvalue weighted by Crippen LogP contribution is -2.45. The number of hydrogen-bond donors (Lipinski definition) is 1. The van der Waals surface area contributed by atoms with Gasteiger partial charge in [0.2, 0.25) is 6.20 Å². The van der Waals surface area contributed by atoms with Crippen molar-refractivity contribution in [2.24, 2.45) is 5.92 Å². The number of aliphatic hydroxyl groups is 1. The van der Waals surface area contributed by atoms with E-state index in [-0.39, 0.29) is 5.78 Å². The maximum Gasteiger partial charge on any atom is 0.236 e. The Bertz CT molecular complexity index is 391. The molecule has 0 bridgehead atoms. The average Bonchev–Trinajstić information content (AvgIpc) is 2.38. The Hall–Kier alpha value is -1.23. The Balaban J connectivity index is 2.98. The molecular formula is C15H25NO4. The van der Waals surface area contributed by atoms with E-state index < -0.39 is 16.4 Å². The molecular weight excluding hydrogens is 258 g/mol. The van der Waals surface area contributed by atoms with Crippen LogP contribution in [0.3, 0.4) is 0 Å². The van der Waals surface area contributed by atoms with Gasteiger partial charge in [-0.05, 0) is 26.2 Å². The molecule has 114 valence electrons. The zero-order chi connectivity index (χ0) is 15.2. The molecule has 0 aromatic carbocycles. The maximum atomic E-state index is 12.1. The van der Waals surface area contributed by atoms with Crippen molar-refractivity contribution in [3.63, 3.8) is 0 Å². The third-order valence-electron chi connectivity index (χ3n) is 4.27. The quantitative estimate of drug-likeness (QED) is 0.442. The molecule has 0 unspecified atom stereocenters. The molecule has 1 aliphatic carbocycles. The van der Waals surface area contributed by atoms with Crippen LogP contribution in [0.2, 0.25) is 0 Å². The number of unbranched alkanes of at least 4 members (excludes halogenated alkanes) is 2. The monoisotopic (exact) mass is 283 g/mol. The minimum Gasteiger partial charge on any atom is -0.385 e. The summed E-state index contributed by atoms with van der Waals surface area (Å²) < 4.78 is 0. The first-order valence-electron chi connectivity index (χ1n) is 7.49. The van der Waals surface area contributed by atoms with Gasteiger partial charge in [0, 0.05) is 12.0 Å². The summed E-state index contributed by atoms with van der Waals surface area (Å²) in [5, 5.41) is 21.6. The number of nitrogens with zero attached hydrogens (tertiary/aromatic N) is 1. The second-order valence-electron chi connectivity index (χ2n) is 5.74. The summed E-state index contributed by atoms with van der Waals surface area (Å²) in [6, 6.07) is 0. The van der Waals surface area contributed by atoms with Crippen molar-refractivity contribution in [2.45, 2.75) is 70.8 Å². The molecule has 0 aliphatic heterocycles. The standard InChI is InChI=1S/C15H25NO4/c1-3-4-7-10-15(18,12(2)11-16(19)20)13-8-5-6-9-14(13)17/h11,13,18H,3-10H2,1-2H3/b12-11+/t13-,15-/m0/s1. The molecule has 0 radical (unpaired) electrons. The Morgan fingerprint density at radius 3 is 2.75 bits per heavy atom. The van der Waals surface area contributed by atoms with Crippen molar-refractivity contribution < 1.29 is 14.8 Å². The lowest BCUT2D eigenvalue weighted by atomic mass is 9.70. The van der Waals surface area contributed by atoms with E-state index >= 15 is 0 Å². The Morgan fingerprint density at radius 2 is 2.20 bits per heavy atom. The SMILES string of the molecule is CCCCC[C@](O)(/C(C)=C/[N+](=O)[O-])[C@H]1CCCCC1=O. The van der Waals surface area contributed by atoms with Gasteiger partial charge < -0.3 is 5.11 Å². The van der Waals surface area contributed by atoms with E-state index in [1.165, 1.54) is 0 Å². The summed E-state index contributed by atoms with van der Waals surface area (Å²) in [6.45, 7) is 3.63. The van der Waals surface area contributed by atoms with E-state index in [0.29, 0.717) is 24.8 Å². The first-order valence-corrected chi connectivity index (χ1v) is 7.49. The summed E-state index contributed by atoms with van der Waals surface area (Å²) in [7, 11) is 0. The van der Waals surface area contributed by atoms with Gasteiger partial charge in [-0.1, -0.05) is 32.6 Å². The first-order chi connectivity index (χ1) is 9.41. The Morgan fingerprint density at radius 1 is 1.50 bits per heavy atom. The van der Waals surface area contributed by atoms with Gasteiger partial charge in [0.05, 0.1) is 10.8 Å². The van der Waals surface area contributed by atoms with Gasteiger partial charge in [-0.25, -0.2) is 0 Å². The van der Waals surface area contributed by atoms with Crippen LogP contribution < -0.4 is 0 Å². The van der Waals surface area contributed by atoms with Crippen molar-refractivity contribution in [1.82, 2.24) is 0 Å². The van der Waals surface area contributed by atoms with E-state index in [9.17, 15) is 20.0 Å². The Labute approximate surface area is 120 Å². The molecule has 1 fully saturated rings. The molecule has 0 spiro atoms. The second-order valence-corrected chi connectivity index (χ2v) is 5.74. The molecule has 5 nitrogen and oxygen atoms in total. The first kappa shape index (κ1) is 16.8. The highest BCUT2D eigenvalue weighted by atomic mass is 16.6. The van der Waals surface area contributed by atoms with Crippen molar-refractivity contribution >= 4 is 5.78 Å². The van der Waals surface area contributed by atoms with Gasteiger partial charge >= 0.3 is 0 Å². The Kier molecular flexibility index (Phi) is 6.33. The van der Waals surface area contributed by atoms with Crippen LogP contribution in [0.1, 0.15) is 65.2 Å². The molecule has 1 aliphatic rings. The molecule has 5 heteroatoms. The number of Topliss-reactive ketones (excluding diaryl/α,β-unsaturated/α-hetero) is 1. The molecule has 0 aromatic rings. The van der Waals surface area contributed by atoms with Crippen molar-refractivity contribution in [3.05, 3.63) is 21.9 Å². The minimum absolute atomic E-state index is 0.0475. The topological polar surface area (TPSA) is 80.4 Å². The van der Waals surface area contributed by atoms with Crippen LogP contribution >= 0.6 is 0 Å². The fourth-order valence-corrected chi connectivity index (χ4v) is 3.05. The fraction of sp³-hybridized carbons (Fsp3) is 0.800. The zero-order valence-electron chi connectivity index (χ0n) is 12.4. The average molecular weight is 283 g/mol. The zero-order valence-corrected chi connectivity index (χ0v) is 12.4. The third-order valence-corrected chi connectivity index (χ3v) is 4.27. The van der Waals surface area contributed by atoms with Crippen LogP contribution in [0.25, 0.3) is 0 Å². The number of carbonyl (C=O) groups is 1. The highest BCUT2D eigenvalue weighted by Gasteiger charge is 2.43. The predicted molar refractivity (Wildman–Crippen MR) is 76.8 cm³/mol. The summed E-state index contributed by atoms with van der Waals surface area (Å²) >= 11 is 0. The van der Waals surface area contributed by atoms with Crippen LogP contribution in [0.5, 0.6) is 0 Å². The highest BCUT2D eigenvalue weighted by molar-refractivity contribution is 5.83. The van der Waals surface area contributed by atoms with E-state index in [4.69, 9.17) is 0 Å². The van der Waals surface area contributed by atoms with E-state index in [2.05, 4.69) is 6.92 Å². The molecule has 1 rings (SSSR count). The third kappa shape index (κ3) is 4.13. The lowest BCUT2D eigenvalue weighted by molar-refractivity contribution is -0.404. The number of nitro groups is 1. The van der Waals surface area contributed by atoms with Crippen molar-refractivity contribution in [2.75, 3.05) is 0 Å². The normalized spacial score (nSPS) is 23.4. The van der Waals surface area contributed by atoms with Crippen LogP contribution in [0.15, 0.2) is 11.8 Å². The van der Waals surface area contributed by atoms with Crippen molar-refractivity contribution in [1.29, 1.82) is 0 Å². The summed E-state index contributed by atoms with van der Waals surface area (Å²) in [4.78, 5) is 22.2. The summed E-state index contributed by atoms with van der Waals surface area (Å²) in [6.07, 6.45) is 6.88. The second kappa shape index (κ2) is 7.53. The number of hydrogen-bond acceptors (Lipinski definition) is 4. The highest BCUT2D eigenvalue weighted by Crippen LogP contribution is 2.38. The van der Waals surface area contributed by atoms with E-state index in [1.807, 2.05) is 0 Å². The van der Waals surface area contributed by atoms with Crippen LogP contribution in [0, 0.1) is 16.0 Å². The van der Waals surface area contributed by atoms with Crippen LogP contribution in [-0.4, -0.2) is 21.4 Å². The number of ketones is 1. The predicted octanol–water partition coefficient (Wildman–Crippen LogP) is 3.24. The smallest absolute Gasteiger partial charge is 0.236 e. The molecule has 0 amide bonds. The van der Waals surface area contributed by atoms with Crippen molar-refractivity contribution in [3.8, 4) is 0 Å². The van der Waals surface area contributed by atoms with Gasteiger partial charge in [0.1, 0.15) is 11.4 Å². The van der Waals surface area contributed by atoms with Gasteiger partial charge in [-0.2, -0.15) is 0 Å². The number of rotatable bonds is 7. The largest absolute Gasteiger partial charge is 0.385 e. The molecule has 1 saturated carbocycles. The minimum atomic E-state index is -1.35. The van der Waals surface area contributed by atoms with E-state index in [1.54, 1.807) is 6.92 Å². The molecule has 0 aromatic heterocycles. The maximum absolute atomic E-state index is 12.1. The summed E-state index contributed by atoms with van der Waals surface area (Å²) in [5.74, 6) is -0.435. The molecule has 2 atom stereocenters. The summed E-state index contributed by atoms with van der Waals surface area (Å²) in [5.41, 5.74) is -1.04. The van der Waals surface area contributed by atoms with Crippen LogP contribution in [-0.2, 0) is 4.79 Å². The van der Waals surface area contributed by atoms with Crippen LogP contribution in [0.4, 0.5) is 0 Å². The lowest BCUT2D eigenvalue weighted by Gasteiger charge is -2.37. The van der Waals surface area contributed by atoms with Gasteiger partial charge in [-0.3, -0.25) is 14.9 Å². The number of carbonyl (C=O) groups excluding carboxylic acids is 1. The van der Waals surface area contributed by atoms with Gasteiger partial charge in [0.15, 0.2) is 0 Å². The fourth-order valence-electron chi connectivity index (χ4n) is 3.05. The van der Waals surface area contributed by atoms with E-state index in [0.717, 1.165) is 38.3 Å². The van der Waals surface area contributed by atoms with Gasteiger partial charge in [-0.15, -0.1) is 0 Å².